The minimum atomic E-state index is -5.54. The summed E-state index contributed by atoms with van der Waals surface area (Å²) in [5.41, 5.74) is -5.55. The first kappa shape index (κ1) is 13.8. The van der Waals surface area contributed by atoms with Gasteiger partial charge in [0.05, 0.1) is 9.92 Å². The number of alkyl halides is 3. The van der Waals surface area contributed by atoms with Crippen molar-refractivity contribution in [2.24, 2.45) is 0 Å². The van der Waals surface area contributed by atoms with Crippen LogP contribution < -0.4 is 5.32 Å². The minimum absolute atomic E-state index is 0.104. The number of hydrogen-bond acceptors (Lipinski definition) is 3. The van der Waals surface area contributed by atoms with E-state index in [2.05, 4.69) is 0 Å². The Morgan fingerprint density at radius 2 is 1.88 bits per heavy atom. The summed E-state index contributed by atoms with van der Waals surface area (Å²) in [6.07, 6.45) is 0.202. The van der Waals surface area contributed by atoms with Crippen LogP contribution in [0, 0.1) is 0 Å². The average Bonchev–Trinajstić information content (AvgIpc) is 2.19. The Balaban J connectivity index is 3.41. The summed E-state index contributed by atoms with van der Waals surface area (Å²) >= 11 is 5.39. The van der Waals surface area contributed by atoms with Crippen LogP contribution in [0.3, 0.4) is 0 Å². The van der Waals surface area contributed by atoms with Gasteiger partial charge in [0.25, 0.3) is 9.84 Å². The summed E-state index contributed by atoms with van der Waals surface area (Å²) in [4.78, 5) is 9.00. The molecule has 0 fully saturated rings. The first-order valence-electron chi connectivity index (χ1n) is 4.01. The van der Waals surface area contributed by atoms with E-state index in [1.165, 1.54) is 6.07 Å². The van der Waals surface area contributed by atoms with Crippen molar-refractivity contribution < 1.29 is 26.4 Å². The molecule has 0 unspecified atom stereocenters. The van der Waals surface area contributed by atoms with Crippen molar-refractivity contribution in [1.29, 1.82) is 0 Å². The number of carbonyl (C=O) groups excluding carboxylic acids is 1. The van der Waals surface area contributed by atoms with Gasteiger partial charge in [0.1, 0.15) is 0 Å². The van der Waals surface area contributed by atoms with Crippen molar-refractivity contribution in [2.75, 3.05) is 5.32 Å². The SMILES string of the molecule is O=CNc1ccc(Cl)c(S(=O)(=O)C(F)(F)F)c1. The van der Waals surface area contributed by atoms with E-state index >= 15 is 0 Å². The molecular formula is C8H5ClF3NO3S. The summed E-state index contributed by atoms with van der Waals surface area (Å²) < 4.78 is 59.1. The Morgan fingerprint density at radius 1 is 1.29 bits per heavy atom. The highest BCUT2D eigenvalue weighted by atomic mass is 35.5. The maximum atomic E-state index is 12.3. The quantitative estimate of drug-likeness (QED) is 0.867. The van der Waals surface area contributed by atoms with Crippen LogP contribution in [0.5, 0.6) is 0 Å². The molecule has 4 nitrogen and oxygen atoms in total. The van der Waals surface area contributed by atoms with Crippen molar-refractivity contribution in [2.45, 2.75) is 10.4 Å². The zero-order valence-electron chi connectivity index (χ0n) is 7.95. The van der Waals surface area contributed by atoms with Gasteiger partial charge in [0.15, 0.2) is 0 Å². The Morgan fingerprint density at radius 3 is 2.35 bits per heavy atom. The normalized spacial score (nSPS) is 12.2. The van der Waals surface area contributed by atoms with Crippen LogP contribution in [0.25, 0.3) is 0 Å². The number of nitrogens with one attached hydrogen (secondary N) is 1. The first-order chi connectivity index (χ1) is 7.70. The summed E-state index contributed by atoms with van der Waals surface area (Å²) in [6.45, 7) is 0. The Bertz CT molecular complexity index is 541. The summed E-state index contributed by atoms with van der Waals surface area (Å²) in [5.74, 6) is 0. The van der Waals surface area contributed by atoms with Crippen LogP contribution in [-0.2, 0) is 14.6 Å². The number of sulfone groups is 1. The third kappa shape index (κ3) is 2.70. The molecule has 1 amide bonds. The van der Waals surface area contributed by atoms with Gasteiger partial charge in [-0.1, -0.05) is 11.6 Å². The lowest BCUT2D eigenvalue weighted by Crippen LogP contribution is -2.23. The zero-order chi connectivity index (χ0) is 13.3. The van der Waals surface area contributed by atoms with Gasteiger partial charge < -0.3 is 5.32 Å². The molecular weight excluding hydrogens is 283 g/mol. The molecule has 1 aromatic carbocycles. The second kappa shape index (κ2) is 4.53. The van der Waals surface area contributed by atoms with Gasteiger partial charge in [-0.2, -0.15) is 13.2 Å². The van der Waals surface area contributed by atoms with Crippen molar-refractivity contribution in [3.8, 4) is 0 Å². The van der Waals surface area contributed by atoms with E-state index in [4.69, 9.17) is 11.6 Å². The number of carbonyl (C=O) groups is 1. The van der Waals surface area contributed by atoms with Gasteiger partial charge in [-0.05, 0) is 18.2 Å². The Labute approximate surface area is 99.3 Å². The van der Waals surface area contributed by atoms with E-state index in [0.717, 1.165) is 6.07 Å². The molecule has 1 rings (SSSR count). The fourth-order valence-electron chi connectivity index (χ4n) is 0.992. The van der Waals surface area contributed by atoms with E-state index in [0.29, 0.717) is 6.07 Å². The molecule has 9 heteroatoms. The van der Waals surface area contributed by atoms with E-state index < -0.39 is 25.3 Å². The van der Waals surface area contributed by atoms with E-state index in [9.17, 15) is 26.4 Å². The number of anilines is 1. The minimum Gasteiger partial charge on any atom is -0.329 e. The van der Waals surface area contributed by atoms with Crippen LogP contribution in [-0.4, -0.2) is 20.3 Å². The summed E-state index contributed by atoms with van der Waals surface area (Å²) in [7, 11) is -5.54. The fourth-order valence-corrected chi connectivity index (χ4v) is 2.27. The molecule has 0 aliphatic rings. The van der Waals surface area contributed by atoms with Crippen LogP contribution in [0.15, 0.2) is 23.1 Å². The lowest BCUT2D eigenvalue weighted by molar-refractivity contribution is -0.105. The largest absolute Gasteiger partial charge is 0.501 e. The first-order valence-corrected chi connectivity index (χ1v) is 5.87. The number of rotatable bonds is 3. The monoisotopic (exact) mass is 287 g/mol. The molecule has 94 valence electrons. The van der Waals surface area contributed by atoms with Gasteiger partial charge in [0, 0.05) is 5.69 Å². The second-order valence-electron chi connectivity index (χ2n) is 2.86. The molecule has 17 heavy (non-hydrogen) atoms. The number of benzene rings is 1. The molecule has 0 saturated carbocycles. The lowest BCUT2D eigenvalue weighted by Gasteiger charge is -2.10. The molecule has 0 radical (unpaired) electrons. The summed E-state index contributed by atoms with van der Waals surface area (Å²) in [5, 5.41) is 1.46. The molecule has 0 aromatic heterocycles. The van der Waals surface area contributed by atoms with Gasteiger partial charge >= 0.3 is 5.51 Å². The van der Waals surface area contributed by atoms with Crippen LogP contribution in [0.4, 0.5) is 18.9 Å². The number of hydrogen-bond donors (Lipinski definition) is 1. The predicted molar refractivity (Wildman–Crippen MR) is 54.4 cm³/mol. The van der Waals surface area contributed by atoms with Gasteiger partial charge in [-0.15, -0.1) is 0 Å². The fraction of sp³-hybridized carbons (Fsp3) is 0.125. The van der Waals surface area contributed by atoms with Gasteiger partial charge in [-0.25, -0.2) is 8.42 Å². The zero-order valence-corrected chi connectivity index (χ0v) is 9.53. The van der Waals surface area contributed by atoms with Crippen molar-refractivity contribution in [3.63, 3.8) is 0 Å². The van der Waals surface area contributed by atoms with Gasteiger partial charge in [-0.3, -0.25) is 4.79 Å². The van der Waals surface area contributed by atoms with E-state index in [1.807, 2.05) is 5.32 Å². The molecule has 0 aliphatic heterocycles. The number of halogens is 4. The van der Waals surface area contributed by atoms with Crippen molar-refractivity contribution in [3.05, 3.63) is 23.2 Å². The van der Waals surface area contributed by atoms with E-state index in [-0.39, 0.29) is 12.1 Å². The molecule has 1 N–H and O–H groups in total. The molecule has 0 heterocycles. The Kier molecular flexibility index (Phi) is 3.68. The molecule has 0 saturated heterocycles. The van der Waals surface area contributed by atoms with Crippen molar-refractivity contribution in [1.82, 2.24) is 0 Å². The molecule has 0 atom stereocenters. The van der Waals surface area contributed by atoms with Crippen molar-refractivity contribution >= 4 is 33.5 Å². The van der Waals surface area contributed by atoms with Crippen LogP contribution >= 0.6 is 11.6 Å². The molecule has 0 aliphatic carbocycles. The smallest absolute Gasteiger partial charge is 0.329 e. The third-order valence-corrected chi connectivity index (χ3v) is 3.72. The van der Waals surface area contributed by atoms with Crippen LogP contribution in [0.2, 0.25) is 5.02 Å². The number of amides is 1. The Hall–Kier alpha value is -1.28. The van der Waals surface area contributed by atoms with Crippen LogP contribution in [0.1, 0.15) is 0 Å². The highest BCUT2D eigenvalue weighted by Crippen LogP contribution is 2.35. The predicted octanol–water partition coefficient (Wildman–Crippen LogP) is 2.20. The summed E-state index contributed by atoms with van der Waals surface area (Å²) in [6, 6.07) is 2.76. The maximum Gasteiger partial charge on any atom is 0.501 e. The lowest BCUT2D eigenvalue weighted by atomic mass is 10.3. The standard InChI is InChI=1S/C8H5ClF3NO3S/c9-6-2-1-5(13-4-14)3-7(6)17(15,16)8(10,11)12/h1-4H,(H,13,14). The maximum absolute atomic E-state index is 12.3. The molecule has 0 bridgehead atoms. The third-order valence-electron chi connectivity index (χ3n) is 1.75. The molecule has 0 spiro atoms. The average molecular weight is 288 g/mol. The topological polar surface area (TPSA) is 63.2 Å². The highest BCUT2D eigenvalue weighted by Gasteiger charge is 2.47. The van der Waals surface area contributed by atoms with Gasteiger partial charge in [0.2, 0.25) is 6.41 Å². The van der Waals surface area contributed by atoms with E-state index in [1.54, 1.807) is 0 Å². The highest BCUT2D eigenvalue weighted by molar-refractivity contribution is 7.92. The second-order valence-corrected chi connectivity index (χ2v) is 5.17. The molecule has 1 aromatic rings.